The molecule has 0 radical (unpaired) electrons. The van der Waals surface area contributed by atoms with Crippen LogP contribution in [0.5, 0.6) is 0 Å². The average molecular weight is 480 g/mol. The minimum Gasteiger partial charge on any atom is -0.391 e. The molecule has 3 atom stereocenters. The van der Waals surface area contributed by atoms with Gasteiger partial charge in [-0.05, 0) is 69.2 Å². The molecule has 6 heteroatoms. The lowest BCUT2D eigenvalue weighted by Crippen LogP contribution is -2.50. The highest BCUT2D eigenvalue weighted by atomic mass is 16.3. The van der Waals surface area contributed by atoms with Gasteiger partial charge in [0.1, 0.15) is 0 Å². The number of anilines is 1. The van der Waals surface area contributed by atoms with Gasteiger partial charge in [-0.2, -0.15) is 0 Å². The number of hydrogen-bond acceptors (Lipinski definition) is 4. The van der Waals surface area contributed by atoms with Crippen LogP contribution in [-0.2, 0) is 6.42 Å². The molecule has 2 aromatic carbocycles. The van der Waals surface area contributed by atoms with Gasteiger partial charge in [0, 0.05) is 30.4 Å². The van der Waals surface area contributed by atoms with Crippen LogP contribution in [0.15, 0.2) is 54.6 Å². The van der Waals surface area contributed by atoms with E-state index in [1.54, 1.807) is 24.3 Å². The summed E-state index contributed by atoms with van der Waals surface area (Å²) in [6, 6.07) is 17.5. The molecule has 3 N–H and O–H groups in total. The molecule has 0 spiro atoms. The predicted octanol–water partition coefficient (Wildman–Crippen LogP) is 5.28. The second kappa shape index (κ2) is 14.0. The number of aliphatic hydroxyl groups is 1. The summed E-state index contributed by atoms with van der Waals surface area (Å²) < 4.78 is 0. The quantitative estimate of drug-likeness (QED) is 0.286. The highest BCUT2D eigenvalue weighted by Gasteiger charge is 2.32. The number of rotatable bonds is 12. The second-order valence-corrected chi connectivity index (χ2v) is 9.76. The van der Waals surface area contributed by atoms with Crippen LogP contribution >= 0.6 is 0 Å². The van der Waals surface area contributed by atoms with E-state index in [1.807, 2.05) is 0 Å². The maximum absolute atomic E-state index is 12.3. The van der Waals surface area contributed by atoms with E-state index in [2.05, 4.69) is 52.8 Å². The molecule has 0 aliphatic carbocycles. The fourth-order valence-electron chi connectivity index (χ4n) is 5.01. The van der Waals surface area contributed by atoms with Gasteiger partial charge in [0.05, 0.1) is 6.10 Å². The van der Waals surface area contributed by atoms with Crippen molar-refractivity contribution < 1.29 is 14.7 Å². The highest BCUT2D eigenvalue weighted by Crippen LogP contribution is 2.29. The van der Waals surface area contributed by atoms with Gasteiger partial charge >= 0.3 is 6.03 Å². The van der Waals surface area contributed by atoms with Gasteiger partial charge in [0.2, 0.25) is 0 Å². The van der Waals surface area contributed by atoms with E-state index < -0.39 is 0 Å². The molecular weight excluding hydrogens is 438 g/mol. The maximum atomic E-state index is 12.3. The van der Waals surface area contributed by atoms with Crippen LogP contribution < -0.4 is 10.6 Å². The van der Waals surface area contributed by atoms with E-state index in [-0.39, 0.29) is 24.0 Å². The Balaban J connectivity index is 1.47. The zero-order chi connectivity index (χ0) is 25.0. The molecule has 6 nitrogen and oxygen atoms in total. The van der Waals surface area contributed by atoms with Crippen LogP contribution in [0.1, 0.15) is 68.3 Å². The molecule has 2 aromatic rings. The molecule has 1 aliphatic rings. The zero-order valence-corrected chi connectivity index (χ0v) is 21.2. The van der Waals surface area contributed by atoms with E-state index in [9.17, 15) is 14.7 Å². The van der Waals surface area contributed by atoms with Crippen molar-refractivity contribution in [2.75, 3.05) is 25.0 Å². The fourth-order valence-corrected chi connectivity index (χ4v) is 5.01. The van der Waals surface area contributed by atoms with E-state index in [0.717, 1.165) is 58.0 Å². The smallest absolute Gasteiger partial charge is 0.319 e. The van der Waals surface area contributed by atoms with Crippen LogP contribution in [0.4, 0.5) is 10.5 Å². The number of hydrogen-bond donors (Lipinski definition) is 3. The van der Waals surface area contributed by atoms with Crippen LogP contribution in [0, 0.1) is 5.92 Å². The SMILES string of the molecule is CCCC[C@H](O)[C@H]1C[C@@H](Cc2ccccc2)CCN1CCCNC(=O)Nc1cccc(C(C)=O)c1. The molecule has 0 unspecified atom stereocenters. The molecule has 1 saturated heterocycles. The van der Waals surface area contributed by atoms with Gasteiger partial charge in [-0.15, -0.1) is 0 Å². The lowest BCUT2D eigenvalue weighted by atomic mass is 9.83. The van der Waals surface area contributed by atoms with Gasteiger partial charge in [-0.1, -0.05) is 62.2 Å². The Morgan fingerprint density at radius 1 is 1.11 bits per heavy atom. The van der Waals surface area contributed by atoms with Crippen LogP contribution in [0.25, 0.3) is 0 Å². The van der Waals surface area contributed by atoms with Crippen molar-refractivity contribution >= 4 is 17.5 Å². The zero-order valence-electron chi connectivity index (χ0n) is 21.2. The number of nitrogens with one attached hydrogen (secondary N) is 2. The van der Waals surface area contributed by atoms with E-state index in [0.29, 0.717) is 23.7 Å². The molecule has 1 heterocycles. The number of ketones is 1. The first-order chi connectivity index (χ1) is 17.0. The monoisotopic (exact) mass is 479 g/mol. The number of unbranched alkanes of at least 4 members (excludes halogenated alkanes) is 1. The van der Waals surface area contributed by atoms with Crippen molar-refractivity contribution in [1.82, 2.24) is 10.2 Å². The predicted molar refractivity (Wildman–Crippen MR) is 142 cm³/mol. The normalized spacial score (nSPS) is 19.2. The number of aliphatic hydroxyl groups excluding tert-OH is 1. The Morgan fingerprint density at radius 2 is 1.91 bits per heavy atom. The van der Waals surface area contributed by atoms with Crippen molar-refractivity contribution in [3.8, 4) is 0 Å². The standard InChI is InChI=1S/C29H41N3O3/c1-3-4-14-28(34)27-20-24(19-23-10-6-5-7-11-23)15-18-32(27)17-9-16-30-29(35)31-26-13-8-12-25(21-26)22(2)33/h5-8,10-13,21,24,27-28,34H,3-4,9,14-20H2,1-2H3,(H2,30,31,35)/t24-,27-,28+/m1/s1. The molecule has 3 rings (SSSR count). The van der Waals surface area contributed by atoms with Gasteiger partial charge in [0.15, 0.2) is 5.78 Å². The maximum Gasteiger partial charge on any atom is 0.319 e. The molecule has 0 saturated carbocycles. The fraction of sp³-hybridized carbons (Fsp3) is 0.517. The van der Waals surface area contributed by atoms with E-state index in [1.165, 1.54) is 12.5 Å². The van der Waals surface area contributed by atoms with E-state index >= 15 is 0 Å². The summed E-state index contributed by atoms with van der Waals surface area (Å²) >= 11 is 0. The summed E-state index contributed by atoms with van der Waals surface area (Å²) in [6.45, 7) is 6.06. The lowest BCUT2D eigenvalue weighted by Gasteiger charge is -2.42. The summed E-state index contributed by atoms with van der Waals surface area (Å²) in [5, 5.41) is 16.7. The molecule has 0 bridgehead atoms. The van der Waals surface area contributed by atoms with Crippen molar-refractivity contribution in [3.63, 3.8) is 0 Å². The van der Waals surface area contributed by atoms with Crippen LogP contribution in [0.2, 0.25) is 0 Å². The third-order valence-electron chi connectivity index (χ3n) is 6.97. The Labute approximate surface area is 210 Å². The molecule has 2 amide bonds. The van der Waals surface area contributed by atoms with Gasteiger partial charge < -0.3 is 15.7 Å². The Bertz CT molecular complexity index is 934. The van der Waals surface area contributed by atoms with Crippen molar-refractivity contribution in [1.29, 1.82) is 0 Å². The number of likely N-dealkylation sites (tertiary alicyclic amines) is 1. The first kappa shape index (κ1) is 26.9. The third kappa shape index (κ3) is 8.79. The Kier molecular flexibility index (Phi) is 10.8. The second-order valence-electron chi connectivity index (χ2n) is 9.76. The molecular formula is C29H41N3O3. The number of nitrogens with zero attached hydrogens (tertiary/aromatic N) is 1. The lowest BCUT2D eigenvalue weighted by molar-refractivity contribution is 0.00357. The molecule has 0 aromatic heterocycles. The summed E-state index contributed by atoms with van der Waals surface area (Å²) in [5.74, 6) is 0.557. The van der Waals surface area contributed by atoms with Crippen molar-refractivity contribution in [2.24, 2.45) is 5.92 Å². The van der Waals surface area contributed by atoms with Gasteiger partial charge in [-0.3, -0.25) is 9.69 Å². The highest BCUT2D eigenvalue weighted by molar-refractivity contribution is 5.96. The van der Waals surface area contributed by atoms with Crippen LogP contribution in [0.3, 0.4) is 0 Å². The molecule has 1 fully saturated rings. The van der Waals surface area contributed by atoms with Crippen molar-refractivity contribution in [2.45, 2.75) is 70.9 Å². The summed E-state index contributed by atoms with van der Waals surface area (Å²) in [5.41, 5.74) is 2.55. The molecule has 190 valence electrons. The number of carbonyl (C=O) groups excluding carboxylic acids is 2. The minimum absolute atomic E-state index is 0.0303. The summed E-state index contributed by atoms with van der Waals surface area (Å²) in [4.78, 5) is 26.3. The number of amides is 2. The van der Waals surface area contributed by atoms with Gasteiger partial charge in [-0.25, -0.2) is 4.79 Å². The number of piperidine rings is 1. The minimum atomic E-state index is -0.307. The number of benzene rings is 2. The number of Topliss-reactive ketones (excluding diaryl/α,β-unsaturated/α-hetero) is 1. The van der Waals surface area contributed by atoms with Crippen molar-refractivity contribution in [3.05, 3.63) is 65.7 Å². The van der Waals surface area contributed by atoms with E-state index in [4.69, 9.17) is 0 Å². The first-order valence-electron chi connectivity index (χ1n) is 13.1. The topological polar surface area (TPSA) is 81.7 Å². The first-order valence-corrected chi connectivity index (χ1v) is 13.1. The average Bonchev–Trinajstić information content (AvgIpc) is 2.86. The molecule has 1 aliphatic heterocycles. The molecule has 35 heavy (non-hydrogen) atoms. The van der Waals surface area contributed by atoms with Gasteiger partial charge in [0.25, 0.3) is 0 Å². The summed E-state index contributed by atoms with van der Waals surface area (Å²) in [7, 11) is 0. The van der Waals surface area contributed by atoms with Crippen LogP contribution in [-0.4, -0.2) is 53.6 Å². The third-order valence-corrected chi connectivity index (χ3v) is 6.97. The summed E-state index contributed by atoms with van der Waals surface area (Å²) in [6.07, 6.45) is 6.70. The Morgan fingerprint density at radius 3 is 2.66 bits per heavy atom. The largest absolute Gasteiger partial charge is 0.391 e. The number of urea groups is 1. The number of carbonyl (C=O) groups is 2. The Hall–Kier alpha value is -2.70.